The standard InChI is InChI=1S/C22H31N3O4S/c1-3-28-19(26)10-7-13-23-21(30)24-14-11-18(12-15-24)25-16(2)20(29-22(25)27)17-8-5-4-6-9-17/h4-6,8-9,16,18,20H,3,7,10-15H2,1-2H3,(H,23,30). The second kappa shape index (κ2) is 10.6. The van der Waals surface area contributed by atoms with E-state index in [-0.39, 0.29) is 30.3 Å². The van der Waals surface area contributed by atoms with Crippen molar-refractivity contribution in [3.05, 3.63) is 35.9 Å². The predicted molar refractivity (Wildman–Crippen MR) is 118 cm³/mol. The van der Waals surface area contributed by atoms with Gasteiger partial charge in [-0.25, -0.2) is 4.79 Å². The van der Waals surface area contributed by atoms with E-state index >= 15 is 0 Å². The van der Waals surface area contributed by atoms with E-state index < -0.39 is 0 Å². The summed E-state index contributed by atoms with van der Waals surface area (Å²) in [7, 11) is 0. The molecule has 8 heteroatoms. The SMILES string of the molecule is CCOC(=O)CCCNC(=S)N1CCC(N2C(=O)OC(c3ccccc3)C2C)CC1. The van der Waals surface area contributed by atoms with Gasteiger partial charge in [0.05, 0.1) is 12.6 Å². The van der Waals surface area contributed by atoms with E-state index in [2.05, 4.69) is 17.1 Å². The van der Waals surface area contributed by atoms with E-state index in [9.17, 15) is 9.59 Å². The van der Waals surface area contributed by atoms with Gasteiger partial charge in [-0.05, 0) is 50.9 Å². The summed E-state index contributed by atoms with van der Waals surface area (Å²) in [6.45, 7) is 6.51. The van der Waals surface area contributed by atoms with E-state index in [1.54, 1.807) is 6.92 Å². The molecule has 1 N–H and O–H groups in total. The van der Waals surface area contributed by atoms with Crippen LogP contribution in [-0.4, -0.2) is 65.3 Å². The Bertz CT molecular complexity index is 737. The zero-order chi connectivity index (χ0) is 21.5. The topological polar surface area (TPSA) is 71.1 Å². The Morgan fingerprint density at radius 3 is 2.63 bits per heavy atom. The van der Waals surface area contributed by atoms with E-state index in [0.717, 1.165) is 31.5 Å². The van der Waals surface area contributed by atoms with Crippen LogP contribution >= 0.6 is 12.2 Å². The summed E-state index contributed by atoms with van der Waals surface area (Å²) >= 11 is 5.50. The van der Waals surface area contributed by atoms with Gasteiger partial charge in [0.1, 0.15) is 6.10 Å². The molecule has 1 aromatic carbocycles. The van der Waals surface area contributed by atoms with Gasteiger partial charge in [0.2, 0.25) is 0 Å². The average molecular weight is 434 g/mol. The first-order chi connectivity index (χ1) is 14.5. The van der Waals surface area contributed by atoms with Crippen LogP contribution in [0.5, 0.6) is 0 Å². The highest BCUT2D eigenvalue weighted by Crippen LogP contribution is 2.35. The van der Waals surface area contributed by atoms with Gasteiger partial charge in [0.25, 0.3) is 0 Å². The third-order valence-electron chi connectivity index (χ3n) is 5.73. The molecule has 30 heavy (non-hydrogen) atoms. The Hall–Kier alpha value is -2.35. The van der Waals surface area contributed by atoms with E-state index in [4.69, 9.17) is 21.7 Å². The Morgan fingerprint density at radius 1 is 1.27 bits per heavy atom. The van der Waals surface area contributed by atoms with E-state index in [1.165, 1.54) is 0 Å². The van der Waals surface area contributed by atoms with Gasteiger partial charge in [0.15, 0.2) is 5.11 Å². The molecule has 2 aliphatic heterocycles. The number of benzene rings is 1. The molecule has 0 aliphatic carbocycles. The van der Waals surface area contributed by atoms with Crippen molar-refractivity contribution < 1.29 is 19.1 Å². The summed E-state index contributed by atoms with van der Waals surface area (Å²) in [6.07, 6.45) is 2.33. The fourth-order valence-electron chi connectivity index (χ4n) is 4.17. The van der Waals surface area contributed by atoms with Gasteiger partial charge in [-0.3, -0.25) is 9.69 Å². The average Bonchev–Trinajstić information content (AvgIpc) is 3.06. The predicted octanol–water partition coefficient (Wildman–Crippen LogP) is 3.25. The molecule has 7 nitrogen and oxygen atoms in total. The van der Waals surface area contributed by atoms with Crippen molar-refractivity contribution in [1.82, 2.24) is 15.1 Å². The molecule has 0 spiro atoms. The van der Waals surface area contributed by atoms with Gasteiger partial charge in [-0.15, -0.1) is 0 Å². The Balaban J connectivity index is 1.44. The van der Waals surface area contributed by atoms with Crippen LogP contribution in [0.25, 0.3) is 0 Å². The number of hydrogen-bond acceptors (Lipinski definition) is 5. The number of carbonyl (C=O) groups excluding carboxylic acids is 2. The highest BCUT2D eigenvalue weighted by atomic mass is 32.1. The smallest absolute Gasteiger partial charge is 0.411 e. The molecule has 3 rings (SSSR count). The number of rotatable bonds is 7. The maximum absolute atomic E-state index is 12.6. The van der Waals surface area contributed by atoms with Crippen molar-refractivity contribution >= 4 is 29.4 Å². The highest BCUT2D eigenvalue weighted by Gasteiger charge is 2.43. The number of esters is 1. The summed E-state index contributed by atoms with van der Waals surface area (Å²) < 4.78 is 10.6. The van der Waals surface area contributed by atoms with Crippen LogP contribution in [0.4, 0.5) is 4.79 Å². The number of cyclic esters (lactones) is 1. The molecule has 2 atom stereocenters. The van der Waals surface area contributed by atoms with Crippen LogP contribution in [0.15, 0.2) is 30.3 Å². The minimum Gasteiger partial charge on any atom is -0.466 e. The maximum Gasteiger partial charge on any atom is 0.411 e. The zero-order valence-corrected chi connectivity index (χ0v) is 18.5. The van der Waals surface area contributed by atoms with Gasteiger partial charge >= 0.3 is 12.1 Å². The van der Waals surface area contributed by atoms with Crippen molar-refractivity contribution in [3.63, 3.8) is 0 Å². The maximum atomic E-state index is 12.6. The number of likely N-dealkylation sites (tertiary alicyclic amines) is 1. The zero-order valence-electron chi connectivity index (χ0n) is 17.7. The number of hydrogen-bond donors (Lipinski definition) is 1. The molecule has 0 aromatic heterocycles. The van der Waals surface area contributed by atoms with Crippen LogP contribution < -0.4 is 5.32 Å². The monoisotopic (exact) mass is 433 g/mol. The lowest BCUT2D eigenvalue weighted by Crippen LogP contribution is -2.51. The minimum absolute atomic E-state index is 0.00408. The summed E-state index contributed by atoms with van der Waals surface area (Å²) in [4.78, 5) is 28.0. The largest absolute Gasteiger partial charge is 0.466 e. The number of piperidine rings is 1. The van der Waals surface area contributed by atoms with Crippen molar-refractivity contribution in [3.8, 4) is 0 Å². The second-order valence-electron chi connectivity index (χ2n) is 7.72. The van der Waals surface area contributed by atoms with Crippen LogP contribution in [0.1, 0.15) is 51.2 Å². The van der Waals surface area contributed by atoms with Crippen molar-refractivity contribution in [2.75, 3.05) is 26.2 Å². The third kappa shape index (κ3) is 5.41. The van der Waals surface area contributed by atoms with Crippen molar-refractivity contribution in [1.29, 1.82) is 0 Å². The normalized spacial score (nSPS) is 22.0. The molecule has 2 saturated heterocycles. The van der Waals surface area contributed by atoms with Gasteiger partial charge in [-0.2, -0.15) is 0 Å². The molecule has 0 radical (unpaired) electrons. The van der Waals surface area contributed by atoms with Crippen molar-refractivity contribution in [2.24, 2.45) is 0 Å². The van der Waals surface area contributed by atoms with E-state index in [1.807, 2.05) is 35.2 Å². The summed E-state index contributed by atoms with van der Waals surface area (Å²) in [5.74, 6) is -0.175. The lowest BCUT2D eigenvalue weighted by atomic mass is 9.98. The number of ether oxygens (including phenoxy) is 2. The van der Waals surface area contributed by atoms with Crippen LogP contribution in [-0.2, 0) is 14.3 Å². The quantitative estimate of drug-likeness (QED) is 0.402. The first-order valence-electron chi connectivity index (χ1n) is 10.7. The number of amides is 1. The number of carbonyl (C=O) groups is 2. The lowest BCUT2D eigenvalue weighted by Gasteiger charge is -2.38. The molecule has 0 bridgehead atoms. The van der Waals surface area contributed by atoms with Crippen LogP contribution in [0.3, 0.4) is 0 Å². The third-order valence-corrected chi connectivity index (χ3v) is 6.13. The molecule has 1 amide bonds. The molecule has 2 aliphatic rings. The molecule has 1 aromatic rings. The Morgan fingerprint density at radius 2 is 1.97 bits per heavy atom. The minimum atomic E-state index is -0.227. The van der Waals surface area contributed by atoms with Gasteiger partial charge < -0.3 is 19.7 Å². The summed E-state index contributed by atoms with van der Waals surface area (Å²) in [5, 5.41) is 3.93. The summed E-state index contributed by atoms with van der Waals surface area (Å²) in [5.41, 5.74) is 1.03. The fraction of sp³-hybridized carbons (Fsp3) is 0.591. The van der Waals surface area contributed by atoms with Crippen LogP contribution in [0.2, 0.25) is 0 Å². The fourth-order valence-corrected chi connectivity index (χ4v) is 4.46. The molecule has 2 unspecified atom stereocenters. The molecule has 2 fully saturated rings. The number of nitrogens with zero attached hydrogens (tertiary/aromatic N) is 2. The van der Waals surface area contributed by atoms with Crippen molar-refractivity contribution in [2.45, 2.75) is 57.7 Å². The second-order valence-corrected chi connectivity index (χ2v) is 8.11. The Kier molecular flexibility index (Phi) is 7.90. The molecular weight excluding hydrogens is 402 g/mol. The molecule has 0 saturated carbocycles. The molecule has 164 valence electrons. The van der Waals surface area contributed by atoms with Crippen LogP contribution in [0, 0.1) is 0 Å². The first-order valence-corrected chi connectivity index (χ1v) is 11.1. The highest BCUT2D eigenvalue weighted by molar-refractivity contribution is 7.80. The number of nitrogens with one attached hydrogen (secondary N) is 1. The molecular formula is C22H31N3O4S. The van der Waals surface area contributed by atoms with E-state index in [0.29, 0.717) is 31.1 Å². The van der Waals surface area contributed by atoms with Gasteiger partial charge in [0, 0.05) is 32.1 Å². The lowest BCUT2D eigenvalue weighted by molar-refractivity contribution is -0.143. The summed E-state index contributed by atoms with van der Waals surface area (Å²) in [6, 6.07) is 10.1. The number of thiocarbonyl (C=S) groups is 1. The Labute approximate surface area is 183 Å². The first kappa shape index (κ1) is 22.3. The molecule has 2 heterocycles. The van der Waals surface area contributed by atoms with Gasteiger partial charge in [-0.1, -0.05) is 30.3 Å².